The lowest BCUT2D eigenvalue weighted by atomic mass is 9.54. The Morgan fingerprint density at radius 1 is 1.45 bits per heavy atom. The highest BCUT2D eigenvalue weighted by atomic mass is 16.4. The summed E-state index contributed by atoms with van der Waals surface area (Å²) < 4.78 is 1.80. The van der Waals surface area contributed by atoms with Crippen LogP contribution < -0.4 is 5.32 Å². The van der Waals surface area contributed by atoms with Gasteiger partial charge in [-0.05, 0) is 31.1 Å². The number of carboxylic acids is 1. The van der Waals surface area contributed by atoms with Gasteiger partial charge in [-0.1, -0.05) is 6.42 Å². The molecule has 0 aromatic carbocycles. The molecule has 2 aromatic rings. The van der Waals surface area contributed by atoms with E-state index < -0.39 is 5.97 Å². The van der Waals surface area contributed by atoms with Crippen molar-refractivity contribution in [3.8, 4) is 0 Å². The molecule has 2 aromatic heterocycles. The smallest absolute Gasteiger partial charge is 0.354 e. The Labute approximate surface area is 115 Å². The van der Waals surface area contributed by atoms with Crippen LogP contribution in [0.15, 0.2) is 18.5 Å². The van der Waals surface area contributed by atoms with Gasteiger partial charge in [0.1, 0.15) is 5.65 Å². The summed E-state index contributed by atoms with van der Waals surface area (Å²) in [6.45, 7) is 0. The third-order valence-electron chi connectivity index (χ3n) is 4.72. The molecule has 2 fully saturated rings. The highest BCUT2D eigenvalue weighted by molar-refractivity contribution is 5.87. The Hall–Kier alpha value is -2.11. The van der Waals surface area contributed by atoms with Gasteiger partial charge in [0.15, 0.2) is 5.69 Å². The average Bonchev–Trinajstić information content (AvgIpc) is 2.78. The molecular weight excluding hydrogens is 256 g/mol. The second-order valence-corrected chi connectivity index (χ2v) is 6.03. The maximum absolute atomic E-state index is 11.1. The summed E-state index contributed by atoms with van der Waals surface area (Å²) in [6, 6.07) is 1.89. The first-order chi connectivity index (χ1) is 9.65. The number of hydrogen-bond donors (Lipinski definition) is 2. The maximum atomic E-state index is 11.1. The number of carboxylic acid groups (broad SMARTS) is 1. The predicted octanol–water partition coefficient (Wildman–Crippen LogP) is 2.17. The molecule has 2 saturated carbocycles. The Kier molecular flexibility index (Phi) is 2.31. The fourth-order valence-corrected chi connectivity index (χ4v) is 3.49. The third-order valence-corrected chi connectivity index (χ3v) is 4.72. The molecule has 2 heterocycles. The number of hydrogen-bond acceptors (Lipinski definition) is 4. The molecule has 2 aliphatic carbocycles. The normalized spacial score (nSPS) is 20.6. The van der Waals surface area contributed by atoms with E-state index in [1.165, 1.54) is 38.2 Å². The largest absolute Gasteiger partial charge is 0.477 e. The summed E-state index contributed by atoms with van der Waals surface area (Å²) >= 11 is 0. The van der Waals surface area contributed by atoms with Crippen LogP contribution >= 0.6 is 0 Å². The minimum atomic E-state index is -1.03. The minimum Gasteiger partial charge on any atom is -0.477 e. The Morgan fingerprint density at radius 3 is 2.90 bits per heavy atom. The van der Waals surface area contributed by atoms with Gasteiger partial charge in [-0.15, -0.1) is 0 Å². The van der Waals surface area contributed by atoms with Crippen molar-refractivity contribution in [3.63, 3.8) is 0 Å². The van der Waals surface area contributed by atoms with E-state index >= 15 is 0 Å². The monoisotopic (exact) mass is 272 g/mol. The van der Waals surface area contributed by atoms with E-state index in [0.29, 0.717) is 23.1 Å². The van der Waals surface area contributed by atoms with Crippen LogP contribution in [0.2, 0.25) is 0 Å². The van der Waals surface area contributed by atoms with E-state index in [9.17, 15) is 4.79 Å². The standard InChI is InChI=1S/C14H16N4O2/c19-12(20)10-6-11-15-4-5-18(11)13(17-10)16-9-7-14(8-9)2-1-3-14/h4-6,9H,1-3,7-8H2,(H,16,17)(H,19,20). The van der Waals surface area contributed by atoms with Crippen molar-refractivity contribution in [2.24, 2.45) is 5.41 Å². The van der Waals surface area contributed by atoms with Crippen molar-refractivity contribution in [3.05, 3.63) is 24.2 Å². The Bertz CT molecular complexity index is 682. The van der Waals surface area contributed by atoms with E-state index in [2.05, 4.69) is 15.3 Å². The van der Waals surface area contributed by atoms with Crippen LogP contribution in [-0.4, -0.2) is 31.5 Å². The zero-order valence-electron chi connectivity index (χ0n) is 11.0. The fourth-order valence-electron chi connectivity index (χ4n) is 3.49. The lowest BCUT2D eigenvalue weighted by molar-refractivity contribution is 0.0189. The molecule has 0 aliphatic heterocycles. The molecule has 0 amide bonds. The van der Waals surface area contributed by atoms with Crippen LogP contribution in [-0.2, 0) is 0 Å². The van der Waals surface area contributed by atoms with Gasteiger partial charge in [-0.25, -0.2) is 14.8 Å². The molecule has 2 aliphatic rings. The van der Waals surface area contributed by atoms with Crippen LogP contribution in [0.3, 0.4) is 0 Å². The zero-order chi connectivity index (χ0) is 13.7. The quantitative estimate of drug-likeness (QED) is 0.895. The van der Waals surface area contributed by atoms with E-state index in [1.807, 2.05) is 0 Å². The third kappa shape index (κ3) is 1.67. The molecule has 2 N–H and O–H groups in total. The van der Waals surface area contributed by atoms with Gasteiger partial charge < -0.3 is 10.4 Å². The van der Waals surface area contributed by atoms with Crippen LogP contribution in [0, 0.1) is 5.41 Å². The molecule has 6 heteroatoms. The molecule has 20 heavy (non-hydrogen) atoms. The molecule has 6 nitrogen and oxygen atoms in total. The summed E-state index contributed by atoms with van der Waals surface area (Å²) in [5, 5.41) is 12.5. The summed E-state index contributed by atoms with van der Waals surface area (Å²) in [5.74, 6) is -0.445. The SMILES string of the molecule is O=C(O)c1cc2nccn2c(NC2CC3(CCC3)C2)n1. The molecule has 0 bridgehead atoms. The molecular formula is C14H16N4O2. The zero-order valence-corrected chi connectivity index (χ0v) is 11.0. The number of nitrogens with one attached hydrogen (secondary N) is 1. The first kappa shape index (κ1) is 11.7. The number of nitrogens with zero attached hydrogens (tertiary/aromatic N) is 3. The number of carbonyl (C=O) groups is 1. The van der Waals surface area contributed by atoms with Crippen LogP contribution in [0.1, 0.15) is 42.6 Å². The molecule has 0 radical (unpaired) electrons. The molecule has 0 saturated heterocycles. The second kappa shape index (κ2) is 3.94. The van der Waals surface area contributed by atoms with Gasteiger partial charge in [-0.3, -0.25) is 4.40 Å². The number of fused-ring (bicyclic) bond motifs is 1. The fraction of sp³-hybridized carbons (Fsp3) is 0.500. The van der Waals surface area contributed by atoms with Crippen LogP contribution in [0.25, 0.3) is 5.65 Å². The van der Waals surface area contributed by atoms with E-state index in [1.54, 1.807) is 16.8 Å². The highest BCUT2D eigenvalue weighted by Crippen LogP contribution is 2.56. The summed E-state index contributed by atoms with van der Waals surface area (Å²) in [6.07, 6.45) is 9.83. The van der Waals surface area contributed by atoms with Crippen LogP contribution in [0.4, 0.5) is 5.95 Å². The van der Waals surface area contributed by atoms with Crippen molar-refractivity contribution < 1.29 is 9.90 Å². The van der Waals surface area contributed by atoms with Crippen molar-refractivity contribution in [1.82, 2.24) is 14.4 Å². The number of aromatic nitrogens is 3. The maximum Gasteiger partial charge on any atom is 0.354 e. The van der Waals surface area contributed by atoms with Gasteiger partial charge >= 0.3 is 5.97 Å². The lowest BCUT2D eigenvalue weighted by Gasteiger charge is -2.54. The second-order valence-electron chi connectivity index (χ2n) is 6.03. The Balaban J connectivity index is 1.61. The molecule has 104 valence electrons. The number of rotatable bonds is 3. The van der Waals surface area contributed by atoms with Crippen molar-refractivity contribution in [1.29, 1.82) is 0 Å². The number of aromatic carboxylic acids is 1. The van der Waals surface area contributed by atoms with Gasteiger partial charge in [0.25, 0.3) is 0 Å². The molecule has 1 spiro atoms. The van der Waals surface area contributed by atoms with Crippen molar-refractivity contribution >= 4 is 17.6 Å². The van der Waals surface area contributed by atoms with Gasteiger partial charge in [0.05, 0.1) is 0 Å². The topological polar surface area (TPSA) is 79.5 Å². The first-order valence-corrected chi connectivity index (χ1v) is 6.99. The summed E-state index contributed by atoms with van der Waals surface area (Å²) in [5.41, 5.74) is 1.22. The number of imidazole rings is 1. The minimum absolute atomic E-state index is 0.0314. The van der Waals surface area contributed by atoms with E-state index in [4.69, 9.17) is 5.11 Å². The highest BCUT2D eigenvalue weighted by Gasteiger charge is 2.48. The predicted molar refractivity (Wildman–Crippen MR) is 72.9 cm³/mol. The van der Waals surface area contributed by atoms with E-state index in [-0.39, 0.29) is 5.69 Å². The molecule has 0 unspecified atom stereocenters. The molecule has 0 atom stereocenters. The number of anilines is 1. The summed E-state index contributed by atoms with van der Waals surface area (Å²) in [7, 11) is 0. The molecule has 4 rings (SSSR count). The summed E-state index contributed by atoms with van der Waals surface area (Å²) in [4.78, 5) is 19.5. The van der Waals surface area contributed by atoms with Crippen molar-refractivity contribution in [2.75, 3.05) is 5.32 Å². The lowest BCUT2D eigenvalue weighted by Crippen LogP contribution is -2.49. The average molecular weight is 272 g/mol. The van der Waals surface area contributed by atoms with Gasteiger partial charge in [0.2, 0.25) is 5.95 Å². The van der Waals surface area contributed by atoms with Gasteiger partial charge in [-0.2, -0.15) is 0 Å². The van der Waals surface area contributed by atoms with E-state index in [0.717, 1.165) is 0 Å². The Morgan fingerprint density at radius 2 is 2.25 bits per heavy atom. The van der Waals surface area contributed by atoms with Crippen molar-refractivity contribution in [2.45, 2.75) is 38.1 Å². The van der Waals surface area contributed by atoms with Gasteiger partial charge in [0, 0.05) is 24.5 Å². The van der Waals surface area contributed by atoms with Crippen LogP contribution in [0.5, 0.6) is 0 Å². The first-order valence-electron chi connectivity index (χ1n) is 6.99.